The fourth-order valence-electron chi connectivity index (χ4n) is 3.02. The summed E-state index contributed by atoms with van der Waals surface area (Å²) in [4.78, 5) is 19.3. The van der Waals surface area contributed by atoms with E-state index in [-0.39, 0.29) is 12.0 Å². The highest BCUT2D eigenvalue weighted by molar-refractivity contribution is 5.99. The van der Waals surface area contributed by atoms with Gasteiger partial charge in [-0.25, -0.2) is 9.50 Å². The minimum Gasteiger partial charge on any atom is -0.376 e. The van der Waals surface area contributed by atoms with Gasteiger partial charge >= 0.3 is 0 Å². The maximum atomic E-state index is 13.0. The number of aromatic nitrogens is 3. The number of hydrogen-bond donors (Lipinski definition) is 0. The zero-order valence-corrected chi connectivity index (χ0v) is 13.9. The highest BCUT2D eigenvalue weighted by Gasteiger charge is 2.24. The minimum absolute atomic E-state index is 0.00544. The van der Waals surface area contributed by atoms with E-state index in [1.54, 1.807) is 10.7 Å². The van der Waals surface area contributed by atoms with E-state index in [2.05, 4.69) is 17.0 Å². The summed E-state index contributed by atoms with van der Waals surface area (Å²) in [5.74, 6) is -0.00544. The second-order valence-electron chi connectivity index (χ2n) is 6.14. The lowest BCUT2D eigenvalue weighted by Gasteiger charge is -2.29. The smallest absolute Gasteiger partial charge is 0.259 e. The molecule has 3 rings (SSSR count). The molecule has 124 valence electrons. The summed E-state index contributed by atoms with van der Waals surface area (Å²) in [6, 6.07) is 1.88. The monoisotopic (exact) mass is 316 g/mol. The van der Waals surface area contributed by atoms with E-state index >= 15 is 0 Å². The van der Waals surface area contributed by atoms with Gasteiger partial charge < -0.3 is 9.64 Å². The van der Waals surface area contributed by atoms with E-state index in [4.69, 9.17) is 4.74 Å². The van der Waals surface area contributed by atoms with Gasteiger partial charge in [0.1, 0.15) is 5.56 Å². The summed E-state index contributed by atoms with van der Waals surface area (Å²) in [6.45, 7) is 6.18. The number of rotatable bonds is 5. The van der Waals surface area contributed by atoms with Crippen LogP contribution in [-0.4, -0.2) is 51.2 Å². The Labute approximate surface area is 136 Å². The topological polar surface area (TPSA) is 59.7 Å². The Hall–Kier alpha value is -1.95. The molecule has 2 aromatic heterocycles. The number of carbonyl (C=O) groups is 1. The molecule has 0 radical (unpaired) electrons. The lowest BCUT2D eigenvalue weighted by Crippen LogP contribution is -2.40. The van der Waals surface area contributed by atoms with Crippen LogP contribution in [0.15, 0.2) is 18.5 Å². The molecule has 0 spiro atoms. The summed E-state index contributed by atoms with van der Waals surface area (Å²) >= 11 is 0. The molecule has 1 unspecified atom stereocenters. The Morgan fingerprint density at radius 3 is 3.09 bits per heavy atom. The first-order chi connectivity index (χ1) is 11.2. The van der Waals surface area contributed by atoms with Crippen molar-refractivity contribution in [3.05, 3.63) is 29.7 Å². The van der Waals surface area contributed by atoms with Crippen molar-refractivity contribution in [1.29, 1.82) is 0 Å². The van der Waals surface area contributed by atoms with Gasteiger partial charge in [0.25, 0.3) is 5.91 Å². The molecule has 1 amide bonds. The standard InChI is InChI=1S/C17H24N4O2/c1-3-8-20(12-14-6-4-5-10-23-14)17(22)15-11-18-21-9-7-13(2)19-16(15)21/h7,9,11,14H,3-6,8,10,12H2,1-2H3. The molecule has 1 saturated heterocycles. The summed E-state index contributed by atoms with van der Waals surface area (Å²) in [7, 11) is 0. The third-order valence-electron chi connectivity index (χ3n) is 4.22. The first kappa shape index (κ1) is 15.9. The van der Waals surface area contributed by atoms with Crippen LogP contribution in [0.5, 0.6) is 0 Å². The van der Waals surface area contributed by atoms with Crippen molar-refractivity contribution >= 4 is 11.6 Å². The van der Waals surface area contributed by atoms with E-state index in [1.807, 2.05) is 24.1 Å². The average Bonchev–Trinajstić information content (AvgIpc) is 2.97. The van der Waals surface area contributed by atoms with Gasteiger partial charge in [-0.2, -0.15) is 5.10 Å². The van der Waals surface area contributed by atoms with Crippen LogP contribution in [0.1, 0.15) is 48.7 Å². The molecule has 0 saturated carbocycles. The zero-order valence-electron chi connectivity index (χ0n) is 13.9. The van der Waals surface area contributed by atoms with Crippen molar-refractivity contribution in [2.75, 3.05) is 19.7 Å². The van der Waals surface area contributed by atoms with Crippen molar-refractivity contribution in [3.63, 3.8) is 0 Å². The fourth-order valence-corrected chi connectivity index (χ4v) is 3.02. The Morgan fingerprint density at radius 2 is 2.35 bits per heavy atom. The highest BCUT2D eigenvalue weighted by Crippen LogP contribution is 2.17. The van der Waals surface area contributed by atoms with Crippen LogP contribution in [0.3, 0.4) is 0 Å². The SMILES string of the molecule is CCCN(CC1CCCCO1)C(=O)c1cnn2ccc(C)nc12. The van der Waals surface area contributed by atoms with Gasteiger partial charge in [0.05, 0.1) is 12.3 Å². The molecule has 0 bridgehead atoms. The molecular weight excluding hydrogens is 292 g/mol. The highest BCUT2D eigenvalue weighted by atomic mass is 16.5. The van der Waals surface area contributed by atoms with Crippen LogP contribution in [0.2, 0.25) is 0 Å². The minimum atomic E-state index is -0.00544. The third kappa shape index (κ3) is 3.52. The van der Waals surface area contributed by atoms with Crippen LogP contribution < -0.4 is 0 Å². The summed E-state index contributed by atoms with van der Waals surface area (Å²) < 4.78 is 7.45. The molecule has 0 N–H and O–H groups in total. The van der Waals surface area contributed by atoms with Crippen molar-refractivity contribution in [2.24, 2.45) is 0 Å². The quantitative estimate of drug-likeness (QED) is 0.850. The molecule has 1 aliphatic rings. The van der Waals surface area contributed by atoms with Gasteiger partial charge in [-0.05, 0) is 38.7 Å². The summed E-state index contributed by atoms with van der Waals surface area (Å²) in [5, 5.41) is 4.25. The molecule has 6 nitrogen and oxygen atoms in total. The van der Waals surface area contributed by atoms with E-state index in [0.717, 1.165) is 38.1 Å². The largest absolute Gasteiger partial charge is 0.376 e. The fraction of sp³-hybridized carbons (Fsp3) is 0.588. The van der Waals surface area contributed by atoms with E-state index in [0.29, 0.717) is 17.8 Å². The normalized spacial score (nSPS) is 18.3. The van der Waals surface area contributed by atoms with E-state index in [1.165, 1.54) is 6.42 Å². The molecule has 3 heterocycles. The van der Waals surface area contributed by atoms with Crippen molar-refractivity contribution < 1.29 is 9.53 Å². The predicted molar refractivity (Wildman–Crippen MR) is 87.5 cm³/mol. The molecular formula is C17H24N4O2. The second kappa shape index (κ2) is 7.08. The van der Waals surface area contributed by atoms with Crippen molar-refractivity contribution in [2.45, 2.75) is 45.6 Å². The molecule has 23 heavy (non-hydrogen) atoms. The molecule has 2 aromatic rings. The molecule has 0 aromatic carbocycles. The number of ether oxygens (including phenoxy) is 1. The van der Waals surface area contributed by atoms with E-state index < -0.39 is 0 Å². The second-order valence-corrected chi connectivity index (χ2v) is 6.14. The Balaban J connectivity index is 1.82. The number of nitrogens with zero attached hydrogens (tertiary/aromatic N) is 4. The lowest BCUT2D eigenvalue weighted by molar-refractivity contribution is -0.00380. The lowest BCUT2D eigenvalue weighted by atomic mass is 10.1. The first-order valence-corrected chi connectivity index (χ1v) is 8.41. The zero-order chi connectivity index (χ0) is 16.2. The van der Waals surface area contributed by atoms with Gasteiger partial charge in [0.2, 0.25) is 0 Å². The summed E-state index contributed by atoms with van der Waals surface area (Å²) in [5.41, 5.74) is 2.07. The van der Waals surface area contributed by atoms with Crippen molar-refractivity contribution in [3.8, 4) is 0 Å². The third-order valence-corrected chi connectivity index (χ3v) is 4.22. The van der Waals surface area contributed by atoms with Crippen LogP contribution >= 0.6 is 0 Å². The molecule has 1 aliphatic heterocycles. The molecule has 6 heteroatoms. The predicted octanol–water partition coefficient (Wildman–Crippen LogP) is 2.46. The summed E-state index contributed by atoms with van der Waals surface area (Å²) in [6.07, 6.45) is 7.85. The molecule has 1 atom stereocenters. The van der Waals surface area contributed by atoms with Gasteiger partial charge in [0, 0.05) is 31.6 Å². The van der Waals surface area contributed by atoms with Crippen LogP contribution in [-0.2, 0) is 4.74 Å². The number of fused-ring (bicyclic) bond motifs is 1. The number of carbonyl (C=O) groups excluding carboxylic acids is 1. The Kier molecular flexibility index (Phi) is 4.91. The van der Waals surface area contributed by atoms with Gasteiger partial charge in [-0.15, -0.1) is 0 Å². The van der Waals surface area contributed by atoms with Crippen LogP contribution in [0.4, 0.5) is 0 Å². The maximum Gasteiger partial charge on any atom is 0.259 e. The van der Waals surface area contributed by atoms with Gasteiger partial charge in [-0.1, -0.05) is 6.92 Å². The average molecular weight is 316 g/mol. The number of amides is 1. The maximum absolute atomic E-state index is 13.0. The van der Waals surface area contributed by atoms with Gasteiger partial charge in [-0.3, -0.25) is 4.79 Å². The Morgan fingerprint density at radius 1 is 1.48 bits per heavy atom. The first-order valence-electron chi connectivity index (χ1n) is 8.41. The van der Waals surface area contributed by atoms with Crippen LogP contribution in [0, 0.1) is 6.92 Å². The van der Waals surface area contributed by atoms with Crippen molar-refractivity contribution in [1.82, 2.24) is 19.5 Å². The number of hydrogen-bond acceptors (Lipinski definition) is 4. The Bertz CT molecular complexity index is 676. The van der Waals surface area contributed by atoms with E-state index in [9.17, 15) is 4.79 Å². The van der Waals surface area contributed by atoms with Gasteiger partial charge in [0.15, 0.2) is 5.65 Å². The molecule has 1 fully saturated rings. The molecule has 0 aliphatic carbocycles. The van der Waals surface area contributed by atoms with Crippen LogP contribution in [0.25, 0.3) is 5.65 Å². The number of aryl methyl sites for hydroxylation is 1.